The van der Waals surface area contributed by atoms with Crippen LogP contribution in [0.3, 0.4) is 0 Å². The van der Waals surface area contributed by atoms with Gasteiger partial charge >= 0.3 is 0 Å². The van der Waals surface area contributed by atoms with E-state index < -0.39 is 0 Å². The second-order valence-electron chi connectivity index (χ2n) is 5.42. The van der Waals surface area contributed by atoms with Gasteiger partial charge in [-0.15, -0.1) is 10.2 Å². The van der Waals surface area contributed by atoms with Crippen LogP contribution in [0.25, 0.3) is 17.5 Å². The maximum Gasteiger partial charge on any atom is 0.255 e. The predicted octanol–water partition coefficient (Wildman–Crippen LogP) is 3.80. The fourth-order valence-corrected chi connectivity index (χ4v) is 2.67. The molecule has 0 fully saturated rings. The van der Waals surface area contributed by atoms with Crippen molar-refractivity contribution < 1.29 is 13.9 Å². The van der Waals surface area contributed by atoms with Crippen molar-refractivity contribution in [1.29, 1.82) is 0 Å². The fourth-order valence-electron chi connectivity index (χ4n) is 2.49. The Morgan fingerprint density at radius 3 is 2.76 bits per heavy atom. The average molecular weight is 354 g/mol. The van der Waals surface area contributed by atoms with Gasteiger partial charge in [-0.2, -0.15) is 0 Å². The summed E-state index contributed by atoms with van der Waals surface area (Å²) < 4.78 is 10.7. The topological polar surface area (TPSA) is 77.3 Å². The molecule has 1 aliphatic rings. The lowest BCUT2D eigenvalue weighted by atomic mass is 10.1. The third-order valence-corrected chi connectivity index (χ3v) is 3.96. The number of rotatable bonds is 3. The molecule has 4 rings (SSSR count). The van der Waals surface area contributed by atoms with Gasteiger partial charge in [0.05, 0.1) is 5.57 Å². The molecule has 3 aromatic rings. The smallest absolute Gasteiger partial charge is 0.255 e. The van der Waals surface area contributed by atoms with Gasteiger partial charge in [-0.05, 0) is 48.5 Å². The number of ether oxygens (including phenoxy) is 1. The molecule has 1 aliphatic heterocycles. The van der Waals surface area contributed by atoms with Crippen LogP contribution in [0.2, 0.25) is 5.02 Å². The van der Waals surface area contributed by atoms with E-state index in [2.05, 4.69) is 15.5 Å². The molecule has 1 aromatic heterocycles. The fraction of sp³-hybridized carbons (Fsp3) is 0.0556. The molecule has 2 heterocycles. The molecule has 7 heteroatoms. The summed E-state index contributed by atoms with van der Waals surface area (Å²) in [7, 11) is 0. The average Bonchev–Trinajstić information content (AvgIpc) is 3.16. The van der Waals surface area contributed by atoms with Crippen molar-refractivity contribution in [3.8, 4) is 17.2 Å². The first kappa shape index (κ1) is 15.4. The van der Waals surface area contributed by atoms with Crippen LogP contribution in [-0.4, -0.2) is 22.7 Å². The molecule has 0 aliphatic carbocycles. The SMILES string of the molecule is O=C(Nc1ccc(-c2nnco2)cc1)C1=Cc2cc(Cl)ccc2OC1. The molecular weight excluding hydrogens is 342 g/mol. The third kappa shape index (κ3) is 3.25. The molecule has 0 bridgehead atoms. The number of nitrogens with zero attached hydrogens (tertiary/aromatic N) is 2. The Morgan fingerprint density at radius 2 is 2.00 bits per heavy atom. The highest BCUT2D eigenvalue weighted by Gasteiger charge is 2.17. The number of nitrogens with one attached hydrogen (secondary N) is 1. The van der Waals surface area contributed by atoms with E-state index in [-0.39, 0.29) is 12.5 Å². The number of carbonyl (C=O) groups excluding carboxylic acids is 1. The first-order valence-electron chi connectivity index (χ1n) is 7.50. The van der Waals surface area contributed by atoms with Crippen LogP contribution in [0.1, 0.15) is 5.56 Å². The summed E-state index contributed by atoms with van der Waals surface area (Å²) in [5.74, 6) is 0.913. The van der Waals surface area contributed by atoms with Crippen LogP contribution < -0.4 is 10.1 Å². The molecule has 0 saturated heterocycles. The number of carbonyl (C=O) groups is 1. The van der Waals surface area contributed by atoms with E-state index >= 15 is 0 Å². The molecule has 0 radical (unpaired) electrons. The molecule has 2 aromatic carbocycles. The summed E-state index contributed by atoms with van der Waals surface area (Å²) in [5.41, 5.74) is 2.75. The number of hydrogen-bond acceptors (Lipinski definition) is 5. The molecule has 0 atom stereocenters. The lowest BCUT2D eigenvalue weighted by molar-refractivity contribution is -0.113. The molecule has 0 spiro atoms. The number of hydrogen-bond donors (Lipinski definition) is 1. The number of anilines is 1. The highest BCUT2D eigenvalue weighted by molar-refractivity contribution is 6.30. The Kier molecular flexibility index (Phi) is 3.95. The van der Waals surface area contributed by atoms with Crippen LogP contribution in [0, 0.1) is 0 Å². The van der Waals surface area contributed by atoms with E-state index in [0.29, 0.717) is 27.9 Å². The lowest BCUT2D eigenvalue weighted by Gasteiger charge is -2.17. The molecule has 25 heavy (non-hydrogen) atoms. The van der Waals surface area contributed by atoms with E-state index in [1.807, 2.05) is 0 Å². The highest BCUT2D eigenvalue weighted by atomic mass is 35.5. The maximum atomic E-state index is 12.4. The Balaban J connectivity index is 1.50. The standard InChI is InChI=1S/C18H12ClN3O3/c19-14-3-6-16-12(8-14)7-13(9-24-16)17(23)21-15-4-1-11(2-5-15)18-22-20-10-25-18/h1-8,10H,9H2,(H,21,23). The van der Waals surface area contributed by atoms with Crippen LogP contribution in [0.15, 0.2) is 58.8 Å². The predicted molar refractivity (Wildman–Crippen MR) is 93.3 cm³/mol. The van der Waals surface area contributed by atoms with Crippen molar-refractivity contribution >= 4 is 29.3 Å². The number of aromatic nitrogens is 2. The first-order valence-corrected chi connectivity index (χ1v) is 7.88. The molecule has 1 amide bonds. The van der Waals surface area contributed by atoms with E-state index in [1.54, 1.807) is 48.5 Å². The Bertz CT molecular complexity index is 950. The van der Waals surface area contributed by atoms with Gasteiger partial charge in [-0.3, -0.25) is 4.79 Å². The van der Waals surface area contributed by atoms with Gasteiger partial charge in [0.1, 0.15) is 12.4 Å². The zero-order valence-corrected chi connectivity index (χ0v) is 13.7. The van der Waals surface area contributed by atoms with Crippen molar-refractivity contribution in [3.05, 3.63) is 65.0 Å². The van der Waals surface area contributed by atoms with Crippen molar-refractivity contribution in [3.63, 3.8) is 0 Å². The van der Waals surface area contributed by atoms with Gasteiger partial charge in [0.25, 0.3) is 5.91 Å². The van der Waals surface area contributed by atoms with Crippen LogP contribution in [0.5, 0.6) is 5.75 Å². The van der Waals surface area contributed by atoms with E-state index in [0.717, 1.165) is 11.1 Å². The Morgan fingerprint density at radius 1 is 1.16 bits per heavy atom. The van der Waals surface area contributed by atoms with Crippen LogP contribution in [0.4, 0.5) is 5.69 Å². The summed E-state index contributed by atoms with van der Waals surface area (Å²) in [6, 6.07) is 12.4. The summed E-state index contributed by atoms with van der Waals surface area (Å²) in [5, 5.41) is 10.9. The van der Waals surface area contributed by atoms with Gasteiger partial charge in [0, 0.05) is 21.8 Å². The van der Waals surface area contributed by atoms with Crippen LogP contribution >= 0.6 is 11.6 Å². The lowest BCUT2D eigenvalue weighted by Crippen LogP contribution is -2.21. The second kappa shape index (κ2) is 6.41. The number of amides is 1. The summed E-state index contributed by atoms with van der Waals surface area (Å²) >= 11 is 5.99. The highest BCUT2D eigenvalue weighted by Crippen LogP contribution is 2.29. The van der Waals surface area contributed by atoms with E-state index in [9.17, 15) is 4.79 Å². The maximum absolute atomic E-state index is 12.4. The Hall–Kier alpha value is -3.12. The van der Waals surface area contributed by atoms with E-state index in [1.165, 1.54) is 6.39 Å². The van der Waals surface area contributed by atoms with Gasteiger partial charge in [-0.25, -0.2) is 0 Å². The minimum atomic E-state index is -0.226. The molecular formula is C18H12ClN3O3. The normalized spacial score (nSPS) is 12.8. The monoisotopic (exact) mass is 353 g/mol. The molecule has 6 nitrogen and oxygen atoms in total. The molecule has 0 unspecified atom stereocenters. The molecule has 124 valence electrons. The quantitative estimate of drug-likeness (QED) is 0.774. The third-order valence-electron chi connectivity index (χ3n) is 3.73. The zero-order chi connectivity index (χ0) is 17.2. The molecule has 1 N–H and O–H groups in total. The zero-order valence-electron chi connectivity index (χ0n) is 12.9. The Labute approximate surface area is 148 Å². The van der Waals surface area contributed by atoms with Crippen LogP contribution in [-0.2, 0) is 4.79 Å². The van der Waals surface area contributed by atoms with Crippen molar-refractivity contribution in [2.75, 3.05) is 11.9 Å². The minimum Gasteiger partial charge on any atom is -0.488 e. The minimum absolute atomic E-state index is 0.209. The van der Waals surface area contributed by atoms with Crippen molar-refractivity contribution in [2.45, 2.75) is 0 Å². The summed E-state index contributed by atoms with van der Waals surface area (Å²) in [6.45, 7) is 0.209. The van der Waals surface area contributed by atoms with Gasteiger partial charge in [0.2, 0.25) is 12.3 Å². The number of benzene rings is 2. The van der Waals surface area contributed by atoms with Gasteiger partial charge in [-0.1, -0.05) is 11.6 Å². The van der Waals surface area contributed by atoms with Crippen molar-refractivity contribution in [1.82, 2.24) is 10.2 Å². The van der Waals surface area contributed by atoms with E-state index in [4.69, 9.17) is 20.8 Å². The largest absolute Gasteiger partial charge is 0.488 e. The van der Waals surface area contributed by atoms with Crippen molar-refractivity contribution in [2.24, 2.45) is 0 Å². The second-order valence-corrected chi connectivity index (χ2v) is 5.85. The molecule has 0 saturated carbocycles. The van der Waals surface area contributed by atoms with Gasteiger partial charge < -0.3 is 14.5 Å². The number of halogens is 1. The summed E-state index contributed by atoms with van der Waals surface area (Å²) in [6.07, 6.45) is 3.05. The first-order chi connectivity index (χ1) is 12.2. The van der Waals surface area contributed by atoms with Gasteiger partial charge in [0.15, 0.2) is 0 Å². The summed E-state index contributed by atoms with van der Waals surface area (Å²) in [4.78, 5) is 12.4. The number of fused-ring (bicyclic) bond motifs is 1.